The lowest BCUT2D eigenvalue weighted by molar-refractivity contribution is 0.625. The third-order valence-corrected chi connectivity index (χ3v) is 3.16. The maximum absolute atomic E-state index is 13.2. The molecule has 2 aromatic carbocycles. The van der Waals surface area contributed by atoms with Gasteiger partial charge in [-0.2, -0.15) is 0 Å². The van der Waals surface area contributed by atoms with Crippen LogP contribution in [0.4, 0.5) is 15.8 Å². The van der Waals surface area contributed by atoms with Crippen molar-refractivity contribution < 1.29 is 4.39 Å². The zero-order valence-corrected chi connectivity index (χ0v) is 11.6. The maximum Gasteiger partial charge on any atom is 0.123 e. The van der Waals surface area contributed by atoms with E-state index in [2.05, 4.69) is 22.3 Å². The highest BCUT2D eigenvalue weighted by Crippen LogP contribution is 2.19. The summed E-state index contributed by atoms with van der Waals surface area (Å²) >= 11 is 0. The first-order chi connectivity index (χ1) is 9.06. The molecule has 0 heterocycles. The van der Waals surface area contributed by atoms with E-state index in [1.54, 1.807) is 6.07 Å². The van der Waals surface area contributed by atoms with Crippen molar-refractivity contribution in [1.82, 2.24) is 0 Å². The molecule has 2 aromatic rings. The summed E-state index contributed by atoms with van der Waals surface area (Å²) in [6, 6.07) is 13.0. The number of benzene rings is 2. The Hall–Kier alpha value is -2.03. The van der Waals surface area contributed by atoms with Gasteiger partial charge in [0.1, 0.15) is 5.82 Å². The first kappa shape index (κ1) is 13.4. The van der Waals surface area contributed by atoms with E-state index >= 15 is 0 Å². The van der Waals surface area contributed by atoms with E-state index in [1.807, 2.05) is 39.2 Å². The zero-order valence-electron chi connectivity index (χ0n) is 11.6. The molecule has 2 nitrogen and oxygen atoms in total. The number of nitrogens with one attached hydrogen (secondary N) is 1. The molecule has 0 unspecified atom stereocenters. The van der Waals surface area contributed by atoms with E-state index in [0.717, 1.165) is 22.5 Å². The number of rotatable bonds is 4. The molecule has 1 N–H and O–H groups in total. The molecular formula is C16H19FN2. The quantitative estimate of drug-likeness (QED) is 0.897. The lowest BCUT2D eigenvalue weighted by Gasteiger charge is -2.15. The summed E-state index contributed by atoms with van der Waals surface area (Å²) in [6.45, 7) is 2.62. The van der Waals surface area contributed by atoms with Crippen LogP contribution in [0, 0.1) is 12.7 Å². The van der Waals surface area contributed by atoms with Crippen LogP contribution in [0.15, 0.2) is 42.5 Å². The highest BCUT2D eigenvalue weighted by atomic mass is 19.1. The minimum Gasteiger partial charge on any atom is -0.381 e. The molecule has 3 heteroatoms. The average molecular weight is 258 g/mol. The molecule has 0 atom stereocenters. The predicted molar refractivity (Wildman–Crippen MR) is 79.2 cm³/mol. The molecule has 0 spiro atoms. The summed E-state index contributed by atoms with van der Waals surface area (Å²) in [5.74, 6) is -0.190. The number of nitrogens with zero attached hydrogens (tertiary/aromatic N) is 1. The SMILES string of the molecule is Cc1ccc(F)cc1CNc1cccc(N(C)C)c1. The fraction of sp³-hybridized carbons (Fsp3) is 0.250. The third kappa shape index (κ3) is 3.47. The van der Waals surface area contributed by atoms with Gasteiger partial charge in [0.25, 0.3) is 0 Å². The van der Waals surface area contributed by atoms with E-state index in [-0.39, 0.29) is 5.82 Å². The summed E-state index contributed by atoms with van der Waals surface area (Å²) in [4.78, 5) is 2.05. The Bertz CT molecular complexity index is 564. The second-order valence-corrected chi connectivity index (χ2v) is 4.87. The molecule has 2 rings (SSSR count). The van der Waals surface area contributed by atoms with Gasteiger partial charge in [0.2, 0.25) is 0 Å². The Kier molecular flexibility index (Phi) is 4.05. The molecule has 19 heavy (non-hydrogen) atoms. The van der Waals surface area contributed by atoms with Crippen LogP contribution in [-0.4, -0.2) is 14.1 Å². The summed E-state index contributed by atoms with van der Waals surface area (Å²) in [7, 11) is 4.02. The van der Waals surface area contributed by atoms with Gasteiger partial charge in [0.15, 0.2) is 0 Å². The molecule has 100 valence electrons. The molecule has 0 saturated carbocycles. The molecule has 0 aromatic heterocycles. The normalized spacial score (nSPS) is 10.3. The van der Waals surface area contributed by atoms with E-state index in [4.69, 9.17) is 0 Å². The second kappa shape index (κ2) is 5.74. The van der Waals surface area contributed by atoms with Crippen molar-refractivity contribution in [3.63, 3.8) is 0 Å². The standard InChI is InChI=1S/C16H19FN2/c1-12-7-8-14(17)9-13(12)11-18-15-5-4-6-16(10-15)19(2)3/h4-10,18H,11H2,1-3H3. The Balaban J connectivity index is 2.10. The lowest BCUT2D eigenvalue weighted by Crippen LogP contribution is -2.09. The summed E-state index contributed by atoms with van der Waals surface area (Å²) in [5.41, 5.74) is 4.25. The second-order valence-electron chi connectivity index (χ2n) is 4.87. The van der Waals surface area contributed by atoms with Gasteiger partial charge in [-0.1, -0.05) is 12.1 Å². The van der Waals surface area contributed by atoms with Gasteiger partial charge in [-0.3, -0.25) is 0 Å². The van der Waals surface area contributed by atoms with Gasteiger partial charge < -0.3 is 10.2 Å². The van der Waals surface area contributed by atoms with Gasteiger partial charge in [-0.15, -0.1) is 0 Å². The zero-order chi connectivity index (χ0) is 13.8. The number of aryl methyl sites for hydroxylation is 1. The molecule has 0 aliphatic carbocycles. The maximum atomic E-state index is 13.2. The molecular weight excluding hydrogens is 239 g/mol. The van der Waals surface area contributed by atoms with Crippen molar-refractivity contribution in [1.29, 1.82) is 0 Å². The minimum atomic E-state index is -0.190. The highest BCUT2D eigenvalue weighted by molar-refractivity contribution is 5.57. The smallest absolute Gasteiger partial charge is 0.123 e. The van der Waals surface area contributed by atoms with Crippen molar-refractivity contribution >= 4 is 11.4 Å². The summed E-state index contributed by atoms with van der Waals surface area (Å²) in [6.07, 6.45) is 0. The van der Waals surface area contributed by atoms with Crippen molar-refractivity contribution in [2.24, 2.45) is 0 Å². The Morgan fingerprint density at radius 2 is 1.89 bits per heavy atom. The topological polar surface area (TPSA) is 15.3 Å². The van der Waals surface area contributed by atoms with E-state index in [1.165, 1.54) is 6.07 Å². The van der Waals surface area contributed by atoms with Crippen LogP contribution in [-0.2, 0) is 6.54 Å². The fourth-order valence-electron chi connectivity index (χ4n) is 1.92. The molecule has 0 amide bonds. The Labute approximate surface area is 113 Å². The number of hydrogen-bond donors (Lipinski definition) is 1. The Morgan fingerprint density at radius 3 is 2.63 bits per heavy atom. The first-order valence-corrected chi connectivity index (χ1v) is 6.32. The van der Waals surface area contributed by atoms with E-state index in [0.29, 0.717) is 6.54 Å². The van der Waals surface area contributed by atoms with Crippen LogP contribution in [0.2, 0.25) is 0 Å². The first-order valence-electron chi connectivity index (χ1n) is 6.32. The molecule has 0 bridgehead atoms. The van der Waals surface area contributed by atoms with Crippen molar-refractivity contribution in [2.45, 2.75) is 13.5 Å². The number of anilines is 2. The van der Waals surface area contributed by atoms with Gasteiger partial charge in [-0.25, -0.2) is 4.39 Å². The van der Waals surface area contributed by atoms with Crippen LogP contribution in [0.25, 0.3) is 0 Å². The van der Waals surface area contributed by atoms with Gasteiger partial charge in [-0.05, 0) is 48.4 Å². The van der Waals surface area contributed by atoms with E-state index < -0.39 is 0 Å². The van der Waals surface area contributed by atoms with Gasteiger partial charge in [0, 0.05) is 32.0 Å². The summed E-state index contributed by atoms with van der Waals surface area (Å²) < 4.78 is 13.2. The number of halogens is 1. The predicted octanol–water partition coefficient (Wildman–Crippen LogP) is 3.81. The van der Waals surface area contributed by atoms with Crippen molar-refractivity contribution in [3.05, 3.63) is 59.4 Å². The fourth-order valence-corrected chi connectivity index (χ4v) is 1.92. The van der Waals surface area contributed by atoms with Gasteiger partial charge in [0.05, 0.1) is 0 Å². The lowest BCUT2D eigenvalue weighted by atomic mass is 10.1. The molecule has 0 radical (unpaired) electrons. The van der Waals surface area contributed by atoms with Crippen LogP contribution in [0.5, 0.6) is 0 Å². The van der Waals surface area contributed by atoms with Gasteiger partial charge >= 0.3 is 0 Å². The summed E-state index contributed by atoms with van der Waals surface area (Å²) in [5, 5.41) is 3.33. The van der Waals surface area contributed by atoms with Crippen molar-refractivity contribution in [3.8, 4) is 0 Å². The average Bonchev–Trinajstić information content (AvgIpc) is 2.40. The third-order valence-electron chi connectivity index (χ3n) is 3.16. The van der Waals surface area contributed by atoms with Crippen LogP contribution < -0.4 is 10.2 Å². The van der Waals surface area contributed by atoms with E-state index in [9.17, 15) is 4.39 Å². The van der Waals surface area contributed by atoms with Crippen LogP contribution in [0.1, 0.15) is 11.1 Å². The van der Waals surface area contributed by atoms with Crippen LogP contribution in [0.3, 0.4) is 0 Å². The van der Waals surface area contributed by atoms with Crippen LogP contribution >= 0.6 is 0 Å². The Morgan fingerprint density at radius 1 is 1.11 bits per heavy atom. The van der Waals surface area contributed by atoms with Crippen molar-refractivity contribution in [2.75, 3.05) is 24.3 Å². The number of hydrogen-bond acceptors (Lipinski definition) is 2. The largest absolute Gasteiger partial charge is 0.381 e. The minimum absolute atomic E-state index is 0.190. The molecule has 0 saturated heterocycles. The molecule has 0 aliphatic rings. The monoisotopic (exact) mass is 258 g/mol. The molecule has 0 aliphatic heterocycles. The molecule has 0 fully saturated rings. The highest BCUT2D eigenvalue weighted by Gasteiger charge is 2.02.